The Morgan fingerprint density at radius 2 is 1.68 bits per heavy atom. The van der Waals surface area contributed by atoms with E-state index in [1.54, 1.807) is 11.5 Å². The number of carbonyl (C=O) groups excluding carboxylic acids is 3. The van der Waals surface area contributed by atoms with E-state index in [9.17, 15) is 14.4 Å². The van der Waals surface area contributed by atoms with Crippen LogP contribution in [0.1, 0.15) is 55.5 Å². The van der Waals surface area contributed by atoms with E-state index in [0.29, 0.717) is 35.1 Å². The number of rotatable bonds is 20. The van der Waals surface area contributed by atoms with Crippen LogP contribution in [0.4, 0.5) is 9.59 Å². The molecule has 1 atom stereocenters. The quantitative estimate of drug-likeness (QED) is 0.0358. The third-order valence-electron chi connectivity index (χ3n) is 7.16. The standard InChI is InChI=1S/C33H40ClN7O11S/c1-4-6-11-27-35-29(34)28(31(42)51-22(3)52-33(44)47-5-2)39(27)20-23-12-14-24(15-13-23)25-9-7-8-10-26(25)30-36-38-40(37-30)21-49-32(43)48-16-18-53-19-17-50-41(45)46/h7-10,12-15,22,45-46H,4-6,11,16-21H2,1-3H3. The summed E-state index contributed by atoms with van der Waals surface area (Å²) >= 11 is 7.84. The van der Waals surface area contributed by atoms with Crippen molar-refractivity contribution >= 4 is 41.6 Å². The van der Waals surface area contributed by atoms with E-state index in [1.165, 1.54) is 18.7 Å². The highest BCUT2D eigenvalue weighted by Crippen LogP contribution is 2.30. The molecule has 0 saturated heterocycles. The van der Waals surface area contributed by atoms with Crippen molar-refractivity contribution < 1.29 is 53.3 Å². The summed E-state index contributed by atoms with van der Waals surface area (Å²) in [4.78, 5) is 46.9. The molecule has 0 saturated carbocycles. The Balaban J connectivity index is 1.41. The van der Waals surface area contributed by atoms with Crippen LogP contribution in [0.3, 0.4) is 0 Å². The van der Waals surface area contributed by atoms with Crippen molar-refractivity contribution in [1.82, 2.24) is 35.1 Å². The largest absolute Gasteiger partial charge is 0.511 e. The van der Waals surface area contributed by atoms with Crippen molar-refractivity contribution in [2.24, 2.45) is 0 Å². The number of nitrogens with zero attached hydrogens (tertiary/aromatic N) is 7. The van der Waals surface area contributed by atoms with Gasteiger partial charge < -0.3 is 28.3 Å². The lowest BCUT2D eigenvalue weighted by Gasteiger charge is -2.16. The van der Waals surface area contributed by atoms with E-state index in [1.807, 2.05) is 55.5 Å². The lowest BCUT2D eigenvalue weighted by Crippen LogP contribution is -2.24. The Labute approximate surface area is 313 Å². The number of imidazole rings is 1. The molecule has 0 radical (unpaired) electrons. The van der Waals surface area contributed by atoms with Crippen molar-refractivity contribution in [3.63, 3.8) is 0 Å². The van der Waals surface area contributed by atoms with Crippen LogP contribution in [-0.4, -0.2) is 101 Å². The first-order valence-electron chi connectivity index (χ1n) is 16.5. The normalized spacial score (nSPS) is 11.7. The van der Waals surface area contributed by atoms with Crippen LogP contribution in [0, 0.1) is 0 Å². The molecule has 0 aliphatic carbocycles. The van der Waals surface area contributed by atoms with E-state index >= 15 is 0 Å². The van der Waals surface area contributed by atoms with Gasteiger partial charge in [0.1, 0.15) is 12.4 Å². The molecule has 0 fully saturated rings. The van der Waals surface area contributed by atoms with E-state index in [0.717, 1.165) is 34.3 Å². The minimum atomic E-state index is -1.22. The molecule has 20 heteroatoms. The van der Waals surface area contributed by atoms with Crippen molar-refractivity contribution in [2.75, 3.05) is 31.3 Å². The average molecular weight is 778 g/mol. The summed E-state index contributed by atoms with van der Waals surface area (Å²) < 4.78 is 26.9. The number of carbonyl (C=O) groups is 3. The molecule has 53 heavy (non-hydrogen) atoms. The van der Waals surface area contributed by atoms with Gasteiger partial charge in [-0.05, 0) is 35.2 Å². The van der Waals surface area contributed by atoms with Crippen LogP contribution in [0.25, 0.3) is 22.5 Å². The number of thioether (sulfide) groups is 1. The maximum atomic E-state index is 13.2. The van der Waals surface area contributed by atoms with Gasteiger partial charge in [0, 0.05) is 37.0 Å². The second-order valence-corrected chi connectivity index (χ2v) is 12.5. The number of hydrogen-bond acceptors (Lipinski definition) is 17. The van der Waals surface area contributed by atoms with Gasteiger partial charge in [0.15, 0.2) is 10.8 Å². The SMILES string of the molecule is CCCCc1nc(Cl)c(C(=O)OC(C)OC(=O)OCC)n1Cc1ccc(-c2ccccc2-c2nnn(COC(=O)OCCSCCON(O)O)n2)cc1. The first-order valence-corrected chi connectivity index (χ1v) is 18.1. The van der Waals surface area contributed by atoms with Crippen LogP contribution >= 0.6 is 23.4 Å². The second-order valence-electron chi connectivity index (χ2n) is 10.9. The van der Waals surface area contributed by atoms with Crippen molar-refractivity contribution in [3.8, 4) is 22.5 Å². The van der Waals surface area contributed by atoms with Gasteiger partial charge in [-0.15, -0.1) is 15.0 Å². The molecule has 0 bridgehead atoms. The Morgan fingerprint density at radius 3 is 2.40 bits per heavy atom. The molecule has 1 unspecified atom stereocenters. The number of ether oxygens (including phenoxy) is 5. The summed E-state index contributed by atoms with van der Waals surface area (Å²) in [5.41, 5.74) is 3.26. The Hall–Kier alpha value is -4.79. The van der Waals surface area contributed by atoms with Gasteiger partial charge in [-0.3, -0.25) is 10.4 Å². The molecule has 2 aromatic carbocycles. The summed E-state index contributed by atoms with van der Waals surface area (Å²) in [5, 5.41) is 29.1. The fraction of sp³-hybridized carbons (Fsp3) is 0.424. The highest BCUT2D eigenvalue weighted by Gasteiger charge is 2.26. The van der Waals surface area contributed by atoms with Gasteiger partial charge in [0.25, 0.3) is 0 Å². The molecule has 18 nitrogen and oxygen atoms in total. The van der Waals surface area contributed by atoms with Crippen LogP contribution in [-0.2, 0) is 48.2 Å². The highest BCUT2D eigenvalue weighted by molar-refractivity contribution is 7.99. The maximum Gasteiger partial charge on any atom is 0.511 e. The number of tetrazole rings is 1. The zero-order valence-corrected chi connectivity index (χ0v) is 30.8. The summed E-state index contributed by atoms with van der Waals surface area (Å²) in [5.74, 6) is 1.02. The monoisotopic (exact) mass is 777 g/mol. The van der Waals surface area contributed by atoms with E-state index in [-0.39, 0.29) is 49.3 Å². The molecular weight excluding hydrogens is 738 g/mol. The van der Waals surface area contributed by atoms with Crippen LogP contribution < -0.4 is 0 Å². The molecule has 4 rings (SSSR count). The number of hydrogen-bond donors (Lipinski definition) is 2. The van der Waals surface area contributed by atoms with Crippen molar-refractivity contribution in [3.05, 3.63) is 70.8 Å². The van der Waals surface area contributed by atoms with Gasteiger partial charge >= 0.3 is 18.3 Å². The molecule has 286 valence electrons. The Morgan fingerprint density at radius 1 is 0.943 bits per heavy atom. The minimum Gasteiger partial charge on any atom is -0.435 e. The zero-order valence-electron chi connectivity index (χ0n) is 29.3. The molecule has 0 aliphatic rings. The predicted molar refractivity (Wildman–Crippen MR) is 188 cm³/mol. The summed E-state index contributed by atoms with van der Waals surface area (Å²) in [7, 11) is 0. The molecule has 2 heterocycles. The fourth-order valence-electron chi connectivity index (χ4n) is 4.80. The number of unbranched alkanes of at least 4 members (excludes halogenated alkanes) is 1. The lowest BCUT2D eigenvalue weighted by atomic mass is 9.98. The van der Waals surface area contributed by atoms with Gasteiger partial charge in [-0.1, -0.05) is 73.5 Å². The number of benzene rings is 2. The van der Waals surface area contributed by atoms with E-state index in [2.05, 4.69) is 25.2 Å². The van der Waals surface area contributed by atoms with Gasteiger partial charge in [-0.25, -0.2) is 24.2 Å². The maximum absolute atomic E-state index is 13.2. The molecular formula is C33H40ClN7O11S. The minimum absolute atomic E-state index is 0.0179. The first-order chi connectivity index (χ1) is 25.6. The molecule has 0 amide bonds. The van der Waals surface area contributed by atoms with Crippen LogP contribution in [0.5, 0.6) is 0 Å². The Bertz CT molecular complexity index is 1790. The lowest BCUT2D eigenvalue weighted by molar-refractivity contribution is -0.490. The van der Waals surface area contributed by atoms with E-state index in [4.69, 9.17) is 45.7 Å². The van der Waals surface area contributed by atoms with Crippen LogP contribution in [0.2, 0.25) is 5.15 Å². The van der Waals surface area contributed by atoms with E-state index < -0.39 is 24.6 Å². The molecule has 2 N–H and O–H groups in total. The third-order valence-corrected chi connectivity index (χ3v) is 8.33. The fourth-order valence-corrected chi connectivity index (χ4v) is 5.67. The Kier molecular flexibility index (Phi) is 16.3. The smallest absolute Gasteiger partial charge is 0.435 e. The van der Waals surface area contributed by atoms with Crippen molar-refractivity contribution in [1.29, 1.82) is 0 Å². The molecule has 4 aromatic rings. The van der Waals surface area contributed by atoms with Crippen molar-refractivity contribution in [2.45, 2.75) is 59.6 Å². The summed E-state index contributed by atoms with van der Waals surface area (Å²) in [6.45, 7) is 5.27. The topological polar surface area (TPSA) is 212 Å². The summed E-state index contributed by atoms with van der Waals surface area (Å²) in [6.07, 6.45) is -0.779. The molecule has 0 spiro atoms. The first kappa shape index (κ1) is 41.0. The summed E-state index contributed by atoms with van der Waals surface area (Å²) in [6, 6.07) is 15.2. The number of aromatic nitrogens is 6. The molecule has 0 aliphatic heterocycles. The molecule has 2 aromatic heterocycles. The second kappa shape index (κ2) is 21.0. The number of esters is 1. The predicted octanol–water partition coefficient (Wildman–Crippen LogP) is 5.78. The van der Waals surface area contributed by atoms with Gasteiger partial charge in [0.2, 0.25) is 18.8 Å². The van der Waals surface area contributed by atoms with Gasteiger partial charge in [-0.2, -0.15) is 11.8 Å². The van der Waals surface area contributed by atoms with Crippen LogP contribution in [0.15, 0.2) is 48.5 Å². The third kappa shape index (κ3) is 12.7. The van der Waals surface area contributed by atoms with Gasteiger partial charge in [0.05, 0.1) is 18.6 Å². The average Bonchev–Trinajstić information content (AvgIpc) is 3.73. The zero-order chi connectivity index (χ0) is 38.2. The number of halogens is 1. The highest BCUT2D eigenvalue weighted by atomic mass is 35.5. The number of aryl methyl sites for hydroxylation is 1.